The van der Waals surface area contributed by atoms with Crippen molar-refractivity contribution in [1.82, 2.24) is 4.98 Å². The molecule has 0 radical (unpaired) electrons. The summed E-state index contributed by atoms with van der Waals surface area (Å²) in [6.07, 6.45) is 2.78. The third kappa shape index (κ3) is 2.80. The molecule has 0 saturated heterocycles. The molecule has 5 nitrogen and oxygen atoms in total. The Kier molecular flexibility index (Phi) is 3.81. The number of carbonyl (C=O) groups excluding carboxylic acids is 1. The maximum absolute atomic E-state index is 11.2. The van der Waals surface area contributed by atoms with Crippen molar-refractivity contribution in [3.8, 4) is 0 Å². The summed E-state index contributed by atoms with van der Waals surface area (Å²) in [7, 11) is 0. The quantitative estimate of drug-likeness (QED) is 0.783. The Hall–Kier alpha value is -2.40. The van der Waals surface area contributed by atoms with Crippen molar-refractivity contribution in [3.05, 3.63) is 59.9 Å². The largest absolute Gasteiger partial charge is 0.393 e. The van der Waals surface area contributed by atoms with Crippen molar-refractivity contribution < 1.29 is 9.90 Å². The third-order valence-corrected chi connectivity index (χ3v) is 4.28. The standard InChI is InChI=1S/C17H19N3O2/c18-16(22)15-8-13(6-7-19-15)20-11-17(9-14(21)10-17)12-4-2-1-3-5-12/h1-8,14,21H,9-11H2,(H2,18,22)(H,19,20). The van der Waals surface area contributed by atoms with Crippen molar-refractivity contribution in [1.29, 1.82) is 0 Å². The maximum atomic E-state index is 11.2. The average Bonchev–Trinajstić information content (AvgIpc) is 2.51. The van der Waals surface area contributed by atoms with E-state index in [-0.39, 0.29) is 17.2 Å². The number of aliphatic hydroxyl groups excluding tert-OH is 1. The predicted molar refractivity (Wildman–Crippen MR) is 84.6 cm³/mol. The minimum atomic E-state index is -0.541. The summed E-state index contributed by atoms with van der Waals surface area (Å²) < 4.78 is 0. The smallest absolute Gasteiger partial charge is 0.267 e. The number of benzene rings is 1. The SMILES string of the molecule is NC(=O)c1cc(NCC2(c3ccccc3)CC(O)C2)ccn1. The van der Waals surface area contributed by atoms with E-state index < -0.39 is 5.91 Å². The number of aromatic nitrogens is 1. The van der Waals surface area contributed by atoms with E-state index in [0.29, 0.717) is 6.54 Å². The Morgan fingerprint density at radius 1 is 1.32 bits per heavy atom. The molecule has 0 bridgehead atoms. The first kappa shape index (κ1) is 14.5. The summed E-state index contributed by atoms with van der Waals surface area (Å²) in [5, 5.41) is 13.1. The molecule has 4 N–H and O–H groups in total. The molecule has 1 aliphatic carbocycles. The number of anilines is 1. The average molecular weight is 297 g/mol. The van der Waals surface area contributed by atoms with Gasteiger partial charge in [-0.25, -0.2) is 0 Å². The molecule has 3 rings (SSSR count). The summed E-state index contributed by atoms with van der Waals surface area (Å²) in [4.78, 5) is 15.1. The lowest BCUT2D eigenvalue weighted by Crippen LogP contribution is -2.49. The van der Waals surface area contributed by atoms with Crippen molar-refractivity contribution in [2.75, 3.05) is 11.9 Å². The van der Waals surface area contributed by atoms with E-state index in [1.807, 2.05) is 18.2 Å². The number of nitrogens with zero attached hydrogens (tertiary/aromatic N) is 1. The number of hydrogen-bond acceptors (Lipinski definition) is 4. The highest BCUT2D eigenvalue weighted by Gasteiger charge is 2.44. The lowest BCUT2D eigenvalue weighted by atomic mass is 9.62. The zero-order chi connectivity index (χ0) is 15.6. The Morgan fingerprint density at radius 2 is 2.05 bits per heavy atom. The molecule has 1 heterocycles. The molecule has 1 fully saturated rings. The topological polar surface area (TPSA) is 88.2 Å². The molecule has 0 aliphatic heterocycles. The van der Waals surface area contributed by atoms with Gasteiger partial charge in [-0.1, -0.05) is 30.3 Å². The second-order valence-electron chi connectivity index (χ2n) is 5.86. The Labute approximate surface area is 129 Å². The number of carbonyl (C=O) groups is 1. The van der Waals surface area contributed by atoms with Crippen LogP contribution in [0.2, 0.25) is 0 Å². The first-order valence-corrected chi connectivity index (χ1v) is 7.32. The molecule has 5 heteroatoms. The number of primary amides is 1. The summed E-state index contributed by atoms with van der Waals surface area (Å²) >= 11 is 0. The fraction of sp³-hybridized carbons (Fsp3) is 0.294. The lowest BCUT2D eigenvalue weighted by Gasteiger charge is -2.46. The van der Waals surface area contributed by atoms with Gasteiger partial charge in [-0.2, -0.15) is 0 Å². The fourth-order valence-electron chi connectivity index (χ4n) is 3.06. The molecule has 114 valence electrons. The van der Waals surface area contributed by atoms with Crippen LogP contribution in [0.5, 0.6) is 0 Å². The van der Waals surface area contributed by atoms with Gasteiger partial charge < -0.3 is 16.2 Å². The first-order valence-electron chi connectivity index (χ1n) is 7.32. The van der Waals surface area contributed by atoms with Crippen LogP contribution in [-0.4, -0.2) is 28.6 Å². The molecule has 0 atom stereocenters. The van der Waals surface area contributed by atoms with E-state index in [1.165, 1.54) is 5.56 Å². The van der Waals surface area contributed by atoms with Gasteiger partial charge in [-0.3, -0.25) is 9.78 Å². The number of nitrogens with two attached hydrogens (primary N) is 1. The zero-order valence-corrected chi connectivity index (χ0v) is 12.2. The van der Waals surface area contributed by atoms with Crippen LogP contribution in [0.15, 0.2) is 48.7 Å². The van der Waals surface area contributed by atoms with E-state index in [9.17, 15) is 9.90 Å². The lowest BCUT2D eigenvalue weighted by molar-refractivity contribution is 0.0242. The van der Waals surface area contributed by atoms with E-state index >= 15 is 0 Å². The molecule has 1 aromatic heterocycles. The van der Waals surface area contributed by atoms with Gasteiger partial charge in [0.2, 0.25) is 0 Å². The Balaban J connectivity index is 1.76. The predicted octanol–water partition coefficient (Wildman–Crippen LogP) is 1.69. The number of pyridine rings is 1. The van der Waals surface area contributed by atoms with Gasteiger partial charge in [0.25, 0.3) is 5.91 Å². The van der Waals surface area contributed by atoms with Crippen LogP contribution in [0.25, 0.3) is 0 Å². The number of amides is 1. The fourth-order valence-corrected chi connectivity index (χ4v) is 3.06. The Morgan fingerprint density at radius 3 is 2.68 bits per heavy atom. The summed E-state index contributed by atoms with van der Waals surface area (Å²) in [6.45, 7) is 0.691. The molecule has 0 spiro atoms. The molecular weight excluding hydrogens is 278 g/mol. The molecule has 1 amide bonds. The number of aliphatic hydroxyl groups is 1. The first-order chi connectivity index (χ1) is 10.6. The molecule has 0 unspecified atom stereocenters. The van der Waals surface area contributed by atoms with E-state index in [0.717, 1.165) is 18.5 Å². The second-order valence-corrected chi connectivity index (χ2v) is 5.86. The summed E-state index contributed by atoms with van der Waals surface area (Å²) in [5.74, 6) is -0.541. The number of hydrogen-bond donors (Lipinski definition) is 3. The maximum Gasteiger partial charge on any atom is 0.267 e. The normalized spacial score (nSPS) is 23.6. The monoisotopic (exact) mass is 297 g/mol. The van der Waals surface area contributed by atoms with Crippen LogP contribution in [0.3, 0.4) is 0 Å². The van der Waals surface area contributed by atoms with Gasteiger partial charge in [0.1, 0.15) is 5.69 Å². The molecule has 2 aromatic rings. The second kappa shape index (κ2) is 5.77. The van der Waals surface area contributed by atoms with Gasteiger partial charge in [0, 0.05) is 23.8 Å². The minimum absolute atomic E-state index is 0.0726. The van der Waals surface area contributed by atoms with E-state index in [1.54, 1.807) is 18.3 Å². The third-order valence-electron chi connectivity index (χ3n) is 4.28. The number of rotatable bonds is 5. The Bertz CT molecular complexity index is 667. The van der Waals surface area contributed by atoms with Crippen LogP contribution in [0.4, 0.5) is 5.69 Å². The van der Waals surface area contributed by atoms with Crippen LogP contribution >= 0.6 is 0 Å². The van der Waals surface area contributed by atoms with Gasteiger partial charge in [0.05, 0.1) is 6.10 Å². The number of nitrogens with one attached hydrogen (secondary N) is 1. The van der Waals surface area contributed by atoms with E-state index in [2.05, 4.69) is 22.4 Å². The van der Waals surface area contributed by atoms with Gasteiger partial charge in [-0.05, 0) is 30.5 Å². The van der Waals surface area contributed by atoms with Crippen LogP contribution < -0.4 is 11.1 Å². The van der Waals surface area contributed by atoms with Gasteiger partial charge >= 0.3 is 0 Å². The van der Waals surface area contributed by atoms with Crippen molar-refractivity contribution in [2.45, 2.75) is 24.4 Å². The highest BCUT2D eigenvalue weighted by molar-refractivity contribution is 5.91. The zero-order valence-electron chi connectivity index (χ0n) is 12.2. The molecule has 22 heavy (non-hydrogen) atoms. The molecule has 1 saturated carbocycles. The highest BCUT2D eigenvalue weighted by Crippen LogP contribution is 2.43. The van der Waals surface area contributed by atoms with Gasteiger partial charge in [0.15, 0.2) is 0 Å². The summed E-state index contributed by atoms with van der Waals surface area (Å²) in [5.41, 5.74) is 7.44. The minimum Gasteiger partial charge on any atom is -0.393 e. The highest BCUT2D eigenvalue weighted by atomic mass is 16.3. The summed E-state index contributed by atoms with van der Waals surface area (Å²) in [6, 6.07) is 13.7. The molecule has 1 aliphatic rings. The van der Waals surface area contributed by atoms with Gasteiger partial charge in [-0.15, -0.1) is 0 Å². The molecule has 1 aromatic carbocycles. The van der Waals surface area contributed by atoms with Crippen LogP contribution in [0.1, 0.15) is 28.9 Å². The molecular formula is C17H19N3O2. The van der Waals surface area contributed by atoms with Crippen molar-refractivity contribution in [3.63, 3.8) is 0 Å². The van der Waals surface area contributed by atoms with Crippen LogP contribution in [-0.2, 0) is 5.41 Å². The van der Waals surface area contributed by atoms with Crippen LogP contribution in [0, 0.1) is 0 Å². The van der Waals surface area contributed by atoms with Crippen molar-refractivity contribution >= 4 is 11.6 Å². The van der Waals surface area contributed by atoms with Crippen molar-refractivity contribution in [2.24, 2.45) is 5.73 Å². The van der Waals surface area contributed by atoms with E-state index in [4.69, 9.17) is 5.73 Å².